The smallest absolute Gasteiger partial charge is 0.0599 e. The third-order valence-corrected chi connectivity index (χ3v) is 4.45. The van der Waals surface area contributed by atoms with Gasteiger partial charge in [0.25, 0.3) is 0 Å². The van der Waals surface area contributed by atoms with Crippen molar-refractivity contribution >= 4 is 11.3 Å². The van der Waals surface area contributed by atoms with Crippen molar-refractivity contribution < 1.29 is 4.74 Å². The van der Waals surface area contributed by atoms with Gasteiger partial charge in [0, 0.05) is 42.5 Å². The Balaban J connectivity index is 1.76. The van der Waals surface area contributed by atoms with Crippen LogP contribution in [0.3, 0.4) is 0 Å². The molecule has 1 N–H and O–H groups in total. The molecule has 0 aromatic carbocycles. The van der Waals surface area contributed by atoms with Crippen LogP contribution in [0.15, 0.2) is 12.1 Å². The molecular formula is C14H24N2OS. The Bertz CT molecular complexity index is 345. The molecule has 2 rings (SSSR count). The Hall–Kier alpha value is -0.420. The molecule has 1 aromatic rings. The van der Waals surface area contributed by atoms with Gasteiger partial charge in [-0.05, 0) is 38.9 Å². The molecule has 18 heavy (non-hydrogen) atoms. The van der Waals surface area contributed by atoms with Crippen molar-refractivity contribution in [2.75, 3.05) is 26.7 Å². The van der Waals surface area contributed by atoms with Crippen LogP contribution in [0, 0.1) is 0 Å². The van der Waals surface area contributed by atoms with E-state index in [2.05, 4.69) is 29.3 Å². The third kappa shape index (κ3) is 4.05. The van der Waals surface area contributed by atoms with E-state index in [4.69, 9.17) is 4.74 Å². The van der Waals surface area contributed by atoms with Crippen molar-refractivity contribution in [1.29, 1.82) is 0 Å². The fraction of sp³-hybridized carbons (Fsp3) is 0.714. The molecule has 2 heterocycles. The van der Waals surface area contributed by atoms with E-state index in [1.54, 1.807) is 0 Å². The molecule has 0 radical (unpaired) electrons. The van der Waals surface area contributed by atoms with Crippen molar-refractivity contribution in [3.8, 4) is 0 Å². The van der Waals surface area contributed by atoms with Crippen LogP contribution in [0.5, 0.6) is 0 Å². The van der Waals surface area contributed by atoms with Gasteiger partial charge in [-0.3, -0.25) is 4.90 Å². The lowest BCUT2D eigenvalue weighted by Crippen LogP contribution is -2.36. The molecule has 0 amide bonds. The number of nitrogens with one attached hydrogen (secondary N) is 1. The molecule has 102 valence electrons. The second-order valence-electron chi connectivity index (χ2n) is 4.83. The fourth-order valence-corrected chi connectivity index (χ4v) is 3.54. The number of thiophene rings is 1. The number of rotatable bonds is 6. The van der Waals surface area contributed by atoms with E-state index in [1.807, 2.05) is 18.4 Å². The van der Waals surface area contributed by atoms with Gasteiger partial charge in [-0.15, -0.1) is 11.3 Å². The van der Waals surface area contributed by atoms with Gasteiger partial charge in [0.2, 0.25) is 0 Å². The van der Waals surface area contributed by atoms with E-state index < -0.39 is 0 Å². The zero-order valence-corrected chi connectivity index (χ0v) is 12.3. The zero-order valence-electron chi connectivity index (χ0n) is 11.4. The highest BCUT2D eigenvalue weighted by molar-refractivity contribution is 7.11. The number of hydrogen-bond donors (Lipinski definition) is 1. The maximum absolute atomic E-state index is 5.69. The molecule has 1 aliphatic rings. The third-order valence-electron chi connectivity index (χ3n) is 3.38. The number of likely N-dealkylation sites (tertiary alicyclic amines) is 1. The second-order valence-corrected chi connectivity index (χ2v) is 6.08. The lowest BCUT2D eigenvalue weighted by Gasteiger charge is -2.31. The minimum atomic E-state index is 0.495. The molecule has 1 aliphatic heterocycles. The second kappa shape index (κ2) is 7.24. The Morgan fingerprint density at radius 1 is 1.33 bits per heavy atom. The van der Waals surface area contributed by atoms with Crippen LogP contribution in [0.2, 0.25) is 0 Å². The highest BCUT2D eigenvalue weighted by Gasteiger charge is 2.19. The first-order valence-electron chi connectivity index (χ1n) is 6.88. The van der Waals surface area contributed by atoms with Gasteiger partial charge >= 0.3 is 0 Å². The van der Waals surface area contributed by atoms with E-state index in [0.717, 1.165) is 19.7 Å². The summed E-state index contributed by atoms with van der Waals surface area (Å²) >= 11 is 1.93. The maximum atomic E-state index is 5.69. The molecule has 4 heteroatoms. The number of piperidine rings is 1. The first-order valence-corrected chi connectivity index (χ1v) is 7.69. The van der Waals surface area contributed by atoms with Crippen LogP contribution in [0.1, 0.15) is 29.5 Å². The Morgan fingerprint density at radius 2 is 2.06 bits per heavy atom. The summed E-state index contributed by atoms with van der Waals surface area (Å²) in [6, 6.07) is 4.51. The van der Waals surface area contributed by atoms with E-state index in [1.165, 1.54) is 35.7 Å². The Morgan fingerprint density at radius 3 is 2.72 bits per heavy atom. The lowest BCUT2D eigenvalue weighted by molar-refractivity contribution is 0.0127. The van der Waals surface area contributed by atoms with Crippen molar-refractivity contribution in [1.82, 2.24) is 10.2 Å². The number of ether oxygens (including phenoxy) is 1. The molecule has 1 aromatic heterocycles. The minimum absolute atomic E-state index is 0.495. The van der Waals surface area contributed by atoms with Gasteiger partial charge in [-0.1, -0.05) is 0 Å². The Labute approximate surface area is 114 Å². The quantitative estimate of drug-likeness (QED) is 0.858. The maximum Gasteiger partial charge on any atom is 0.0599 e. The largest absolute Gasteiger partial charge is 0.378 e. The molecule has 0 unspecified atom stereocenters. The van der Waals surface area contributed by atoms with Crippen LogP contribution in [0.4, 0.5) is 0 Å². The van der Waals surface area contributed by atoms with E-state index in [-0.39, 0.29) is 0 Å². The van der Waals surface area contributed by atoms with Crippen molar-refractivity contribution in [3.63, 3.8) is 0 Å². The molecule has 3 nitrogen and oxygen atoms in total. The van der Waals surface area contributed by atoms with Gasteiger partial charge in [0.1, 0.15) is 0 Å². The summed E-state index contributed by atoms with van der Waals surface area (Å²) < 4.78 is 5.69. The van der Waals surface area contributed by atoms with Crippen LogP contribution >= 0.6 is 11.3 Å². The summed E-state index contributed by atoms with van der Waals surface area (Å²) in [6.07, 6.45) is 2.86. The first kappa shape index (κ1) is 14.0. The molecule has 1 fully saturated rings. The van der Waals surface area contributed by atoms with Gasteiger partial charge < -0.3 is 10.1 Å². The summed E-state index contributed by atoms with van der Waals surface area (Å²) in [7, 11) is 2.00. The molecule has 0 aliphatic carbocycles. The molecule has 0 saturated carbocycles. The van der Waals surface area contributed by atoms with Crippen LogP contribution in [0.25, 0.3) is 0 Å². The molecule has 1 saturated heterocycles. The van der Waals surface area contributed by atoms with Crippen molar-refractivity contribution in [2.45, 2.75) is 39.0 Å². The Kier molecular flexibility index (Phi) is 5.63. The van der Waals surface area contributed by atoms with E-state index >= 15 is 0 Å². The van der Waals surface area contributed by atoms with Crippen molar-refractivity contribution in [3.05, 3.63) is 21.9 Å². The van der Waals surface area contributed by atoms with E-state index in [0.29, 0.717) is 6.10 Å². The monoisotopic (exact) mass is 268 g/mol. The fourth-order valence-electron chi connectivity index (χ4n) is 2.47. The predicted octanol–water partition coefficient (Wildman–Crippen LogP) is 2.47. The van der Waals surface area contributed by atoms with Gasteiger partial charge in [-0.25, -0.2) is 0 Å². The molecule has 0 atom stereocenters. The molecular weight excluding hydrogens is 244 g/mol. The topological polar surface area (TPSA) is 24.5 Å². The van der Waals surface area contributed by atoms with Gasteiger partial charge in [-0.2, -0.15) is 0 Å². The SMILES string of the molecule is CCOC1CCN(Cc2ccc(CNC)s2)CC1. The average Bonchev–Trinajstić information content (AvgIpc) is 2.80. The highest BCUT2D eigenvalue weighted by atomic mass is 32.1. The van der Waals surface area contributed by atoms with E-state index in [9.17, 15) is 0 Å². The summed E-state index contributed by atoms with van der Waals surface area (Å²) in [5.74, 6) is 0. The lowest BCUT2D eigenvalue weighted by atomic mass is 10.1. The summed E-state index contributed by atoms with van der Waals surface area (Å²) in [5.41, 5.74) is 0. The predicted molar refractivity (Wildman–Crippen MR) is 77.0 cm³/mol. The first-order chi connectivity index (χ1) is 8.81. The van der Waals surface area contributed by atoms with Gasteiger partial charge in [0.15, 0.2) is 0 Å². The summed E-state index contributed by atoms with van der Waals surface area (Å²) in [4.78, 5) is 5.46. The standard InChI is InChI=1S/C14H24N2OS/c1-3-17-12-6-8-16(9-7-12)11-14-5-4-13(18-14)10-15-2/h4-5,12,15H,3,6-11H2,1-2H3. The normalized spacial score (nSPS) is 18.3. The number of nitrogens with zero attached hydrogens (tertiary/aromatic N) is 1. The molecule has 0 spiro atoms. The zero-order chi connectivity index (χ0) is 12.8. The minimum Gasteiger partial charge on any atom is -0.378 e. The van der Waals surface area contributed by atoms with Crippen LogP contribution in [-0.2, 0) is 17.8 Å². The van der Waals surface area contributed by atoms with Crippen LogP contribution in [-0.4, -0.2) is 37.7 Å². The highest BCUT2D eigenvalue weighted by Crippen LogP contribution is 2.21. The summed E-state index contributed by atoms with van der Waals surface area (Å²) in [6.45, 7) is 7.36. The molecule has 0 bridgehead atoms. The van der Waals surface area contributed by atoms with Crippen molar-refractivity contribution in [2.24, 2.45) is 0 Å². The number of hydrogen-bond acceptors (Lipinski definition) is 4. The summed E-state index contributed by atoms with van der Waals surface area (Å²) in [5, 5.41) is 3.20. The average molecular weight is 268 g/mol. The van der Waals surface area contributed by atoms with Crippen LogP contribution < -0.4 is 5.32 Å². The van der Waals surface area contributed by atoms with Gasteiger partial charge in [0.05, 0.1) is 6.10 Å².